The van der Waals surface area contributed by atoms with Gasteiger partial charge in [-0.05, 0) is 37.1 Å². The Labute approximate surface area is 119 Å². The second kappa shape index (κ2) is 5.91. The van der Waals surface area contributed by atoms with Crippen molar-refractivity contribution in [2.75, 3.05) is 12.4 Å². The normalized spacial score (nSPS) is 15.0. The van der Waals surface area contributed by atoms with Crippen molar-refractivity contribution in [3.8, 4) is 5.75 Å². The summed E-state index contributed by atoms with van der Waals surface area (Å²) in [5.41, 5.74) is 0.330. The molecule has 1 aliphatic carbocycles. The number of alkyl halides is 4. The molecule has 3 nitrogen and oxygen atoms in total. The maximum absolute atomic E-state index is 12.2. The molecule has 7 heteroatoms. The third-order valence-electron chi connectivity index (χ3n) is 2.91. The van der Waals surface area contributed by atoms with Crippen LogP contribution in [0.25, 0.3) is 0 Å². The van der Waals surface area contributed by atoms with E-state index < -0.39 is 6.36 Å². The summed E-state index contributed by atoms with van der Waals surface area (Å²) < 4.78 is 39.9. The standard InChI is InChI=1S/C13H13ClF3NO2/c14-7-8-18(10-3-4-10)12(19)9-1-5-11(6-2-9)20-13(15,16)17/h1-2,5-6,10H,3-4,7-8H2. The van der Waals surface area contributed by atoms with E-state index in [0.29, 0.717) is 18.0 Å². The summed E-state index contributed by atoms with van der Waals surface area (Å²) in [5.74, 6) is -0.228. The van der Waals surface area contributed by atoms with E-state index in [-0.39, 0.29) is 17.7 Å². The Morgan fingerprint density at radius 1 is 1.30 bits per heavy atom. The van der Waals surface area contributed by atoms with Crippen LogP contribution in [0.3, 0.4) is 0 Å². The molecule has 1 saturated carbocycles. The lowest BCUT2D eigenvalue weighted by Gasteiger charge is -2.21. The van der Waals surface area contributed by atoms with E-state index in [0.717, 1.165) is 25.0 Å². The summed E-state index contributed by atoms with van der Waals surface area (Å²) in [6.07, 6.45) is -2.85. The van der Waals surface area contributed by atoms with Crippen molar-refractivity contribution >= 4 is 17.5 Å². The molecule has 0 radical (unpaired) electrons. The highest BCUT2D eigenvalue weighted by atomic mass is 35.5. The number of carbonyl (C=O) groups is 1. The van der Waals surface area contributed by atoms with E-state index in [1.807, 2.05) is 0 Å². The average molecular weight is 308 g/mol. The lowest BCUT2D eigenvalue weighted by atomic mass is 10.2. The Morgan fingerprint density at radius 2 is 1.90 bits per heavy atom. The van der Waals surface area contributed by atoms with Gasteiger partial charge in [-0.3, -0.25) is 4.79 Å². The number of rotatable bonds is 5. The summed E-state index contributed by atoms with van der Waals surface area (Å²) in [6.45, 7) is 0.436. The molecule has 2 rings (SSSR count). The zero-order valence-electron chi connectivity index (χ0n) is 10.5. The predicted octanol–water partition coefficient (Wildman–Crippen LogP) is 3.43. The SMILES string of the molecule is O=C(c1ccc(OC(F)(F)F)cc1)N(CCCl)C1CC1. The zero-order valence-corrected chi connectivity index (χ0v) is 11.2. The molecule has 1 aromatic carbocycles. The van der Waals surface area contributed by atoms with Gasteiger partial charge in [0, 0.05) is 24.0 Å². The number of hydrogen-bond donors (Lipinski definition) is 0. The van der Waals surface area contributed by atoms with Gasteiger partial charge in [0.25, 0.3) is 5.91 Å². The summed E-state index contributed by atoms with van der Waals surface area (Å²) in [5, 5.41) is 0. The molecule has 0 aromatic heterocycles. The fourth-order valence-electron chi connectivity index (χ4n) is 1.89. The summed E-state index contributed by atoms with van der Waals surface area (Å²) >= 11 is 5.66. The van der Waals surface area contributed by atoms with Crippen LogP contribution in [0.1, 0.15) is 23.2 Å². The Hall–Kier alpha value is -1.43. The van der Waals surface area contributed by atoms with Crippen LogP contribution in [0.15, 0.2) is 24.3 Å². The summed E-state index contributed by atoms with van der Waals surface area (Å²) in [7, 11) is 0. The minimum Gasteiger partial charge on any atom is -0.406 e. The highest BCUT2D eigenvalue weighted by Gasteiger charge is 2.33. The number of benzene rings is 1. The Bertz CT molecular complexity index is 471. The van der Waals surface area contributed by atoms with E-state index in [9.17, 15) is 18.0 Å². The minimum atomic E-state index is -4.73. The first-order valence-corrected chi connectivity index (χ1v) is 6.67. The van der Waals surface area contributed by atoms with Crippen LogP contribution in [-0.4, -0.2) is 35.6 Å². The fourth-order valence-corrected chi connectivity index (χ4v) is 2.07. The lowest BCUT2D eigenvalue weighted by Crippen LogP contribution is -2.34. The van der Waals surface area contributed by atoms with E-state index >= 15 is 0 Å². The van der Waals surface area contributed by atoms with Crippen molar-refractivity contribution in [1.82, 2.24) is 4.90 Å². The van der Waals surface area contributed by atoms with Crippen molar-refractivity contribution in [2.45, 2.75) is 25.2 Å². The first-order valence-electron chi connectivity index (χ1n) is 6.13. The highest BCUT2D eigenvalue weighted by Crippen LogP contribution is 2.29. The van der Waals surface area contributed by atoms with Crippen molar-refractivity contribution in [3.05, 3.63) is 29.8 Å². The van der Waals surface area contributed by atoms with Gasteiger partial charge in [-0.1, -0.05) is 0 Å². The largest absolute Gasteiger partial charge is 0.573 e. The van der Waals surface area contributed by atoms with Crippen molar-refractivity contribution in [1.29, 1.82) is 0 Å². The molecule has 0 N–H and O–H groups in total. The monoisotopic (exact) mass is 307 g/mol. The molecule has 1 fully saturated rings. The maximum Gasteiger partial charge on any atom is 0.573 e. The van der Waals surface area contributed by atoms with E-state index in [1.165, 1.54) is 12.1 Å². The molecule has 0 heterocycles. The number of carbonyl (C=O) groups excluding carboxylic acids is 1. The van der Waals surface area contributed by atoms with Crippen molar-refractivity contribution in [2.24, 2.45) is 0 Å². The Morgan fingerprint density at radius 3 is 2.35 bits per heavy atom. The van der Waals surface area contributed by atoms with Gasteiger partial charge in [-0.2, -0.15) is 0 Å². The van der Waals surface area contributed by atoms with Crippen LogP contribution in [0.5, 0.6) is 5.75 Å². The molecule has 0 aliphatic heterocycles. The van der Waals surface area contributed by atoms with Crippen LogP contribution < -0.4 is 4.74 Å². The van der Waals surface area contributed by atoms with Gasteiger partial charge in [0.1, 0.15) is 5.75 Å². The first-order chi connectivity index (χ1) is 9.40. The van der Waals surface area contributed by atoms with E-state index in [2.05, 4.69) is 4.74 Å². The first kappa shape index (κ1) is 15.0. The third-order valence-corrected chi connectivity index (χ3v) is 3.08. The summed E-state index contributed by atoms with van der Waals surface area (Å²) in [6, 6.07) is 5.12. The molecule has 110 valence electrons. The molecule has 0 atom stereocenters. The van der Waals surface area contributed by atoms with Crippen molar-refractivity contribution < 1.29 is 22.7 Å². The number of ether oxygens (including phenoxy) is 1. The second-order valence-electron chi connectivity index (χ2n) is 4.49. The van der Waals surface area contributed by atoms with Gasteiger partial charge in [0.15, 0.2) is 0 Å². The minimum absolute atomic E-state index is 0.201. The molecular formula is C13H13ClF3NO2. The number of nitrogens with zero attached hydrogens (tertiary/aromatic N) is 1. The third kappa shape index (κ3) is 4.03. The fraction of sp³-hybridized carbons (Fsp3) is 0.462. The number of hydrogen-bond acceptors (Lipinski definition) is 2. The van der Waals surface area contributed by atoms with Gasteiger partial charge in [0.2, 0.25) is 0 Å². The van der Waals surface area contributed by atoms with Gasteiger partial charge in [-0.25, -0.2) is 0 Å². The Balaban J connectivity index is 2.06. The molecule has 0 bridgehead atoms. The summed E-state index contributed by atoms with van der Waals surface area (Å²) in [4.78, 5) is 13.9. The van der Waals surface area contributed by atoms with Gasteiger partial charge in [-0.15, -0.1) is 24.8 Å². The van der Waals surface area contributed by atoms with E-state index in [1.54, 1.807) is 4.90 Å². The topological polar surface area (TPSA) is 29.5 Å². The number of halogens is 4. The van der Waals surface area contributed by atoms with Crippen LogP contribution in [0, 0.1) is 0 Å². The number of amides is 1. The van der Waals surface area contributed by atoms with Crippen molar-refractivity contribution in [3.63, 3.8) is 0 Å². The smallest absolute Gasteiger partial charge is 0.406 e. The lowest BCUT2D eigenvalue weighted by molar-refractivity contribution is -0.274. The van der Waals surface area contributed by atoms with Gasteiger partial charge in [0.05, 0.1) is 0 Å². The second-order valence-corrected chi connectivity index (χ2v) is 4.87. The van der Waals surface area contributed by atoms with Crippen LogP contribution in [0.4, 0.5) is 13.2 Å². The molecule has 0 unspecified atom stereocenters. The Kier molecular flexibility index (Phi) is 4.42. The zero-order chi connectivity index (χ0) is 14.8. The highest BCUT2D eigenvalue weighted by molar-refractivity contribution is 6.18. The van der Waals surface area contributed by atoms with Gasteiger partial charge < -0.3 is 9.64 Å². The maximum atomic E-state index is 12.2. The molecule has 0 spiro atoms. The molecule has 20 heavy (non-hydrogen) atoms. The predicted molar refractivity (Wildman–Crippen MR) is 67.9 cm³/mol. The molecular weight excluding hydrogens is 295 g/mol. The van der Waals surface area contributed by atoms with E-state index in [4.69, 9.17) is 11.6 Å². The van der Waals surface area contributed by atoms with Crippen LogP contribution >= 0.6 is 11.6 Å². The molecule has 1 aromatic rings. The average Bonchev–Trinajstić information content (AvgIpc) is 3.18. The van der Waals surface area contributed by atoms with Crippen LogP contribution in [0.2, 0.25) is 0 Å². The van der Waals surface area contributed by atoms with Gasteiger partial charge >= 0.3 is 6.36 Å². The molecule has 1 amide bonds. The van der Waals surface area contributed by atoms with Crippen LogP contribution in [-0.2, 0) is 0 Å². The molecule has 1 aliphatic rings. The quantitative estimate of drug-likeness (QED) is 0.780. The molecule has 0 saturated heterocycles.